The third-order valence-corrected chi connectivity index (χ3v) is 9.47. The van der Waals surface area contributed by atoms with Gasteiger partial charge in [-0.3, -0.25) is 19.1 Å². The minimum atomic E-state index is -3.61. The maximum Gasteiger partial charge on any atom is 0.323 e. The van der Waals surface area contributed by atoms with E-state index in [9.17, 15) is 18.0 Å². The summed E-state index contributed by atoms with van der Waals surface area (Å²) in [5, 5.41) is 5.57. The third-order valence-electron chi connectivity index (χ3n) is 8.16. The van der Waals surface area contributed by atoms with E-state index in [2.05, 4.69) is 5.32 Å². The summed E-state index contributed by atoms with van der Waals surface area (Å²) in [6.07, 6.45) is 0.695. The maximum absolute atomic E-state index is 13.4. The molecular formula is C44H51NO7S. The maximum atomic E-state index is 13.4. The summed E-state index contributed by atoms with van der Waals surface area (Å²) < 4.78 is 39.7. The Balaban J connectivity index is 0.000000306. The van der Waals surface area contributed by atoms with Gasteiger partial charge in [-0.2, -0.15) is 8.42 Å². The van der Waals surface area contributed by atoms with Gasteiger partial charge in [0.25, 0.3) is 10.1 Å². The molecule has 280 valence electrons. The van der Waals surface area contributed by atoms with Gasteiger partial charge < -0.3 is 9.47 Å². The van der Waals surface area contributed by atoms with Crippen molar-refractivity contribution in [1.29, 1.82) is 0 Å². The number of rotatable bonds is 14. The largest absolute Gasteiger partial charge is 0.462 e. The molecule has 1 unspecified atom stereocenters. The number of hydrogen-bond acceptors (Lipinski definition) is 8. The Labute approximate surface area is 314 Å². The number of hydrogen-bond donors (Lipinski definition) is 1. The van der Waals surface area contributed by atoms with Crippen molar-refractivity contribution in [3.63, 3.8) is 0 Å². The normalized spacial score (nSPS) is 12.4. The number of esters is 2. The molecule has 0 spiro atoms. The molecule has 5 aromatic rings. The fraction of sp³-hybridized carbons (Fsp3) is 0.318. The summed E-state index contributed by atoms with van der Waals surface area (Å²) in [6, 6.07) is 42.0. The molecule has 0 aliphatic carbocycles. The summed E-state index contributed by atoms with van der Waals surface area (Å²) in [6.45, 7) is 11.2. The summed E-state index contributed by atoms with van der Waals surface area (Å²) in [7, 11) is -3.61. The molecule has 0 saturated heterocycles. The lowest BCUT2D eigenvalue weighted by Crippen LogP contribution is -2.53. The monoisotopic (exact) mass is 737 g/mol. The highest BCUT2D eigenvalue weighted by Crippen LogP contribution is 2.38. The number of nitrogens with one attached hydrogen (secondary N) is 1. The molecule has 1 atom stereocenters. The van der Waals surface area contributed by atoms with Crippen molar-refractivity contribution in [1.82, 2.24) is 5.32 Å². The summed E-state index contributed by atoms with van der Waals surface area (Å²) in [4.78, 5) is 26.2. The van der Waals surface area contributed by atoms with Gasteiger partial charge >= 0.3 is 11.9 Å². The zero-order valence-electron chi connectivity index (χ0n) is 31.5. The first-order chi connectivity index (χ1) is 25.2. The molecule has 0 aliphatic heterocycles. The molecule has 5 rings (SSSR count). The van der Waals surface area contributed by atoms with E-state index in [1.54, 1.807) is 18.2 Å². The van der Waals surface area contributed by atoms with Crippen molar-refractivity contribution in [2.45, 2.75) is 89.0 Å². The van der Waals surface area contributed by atoms with Crippen molar-refractivity contribution in [3.8, 4) is 0 Å². The molecule has 0 aromatic heterocycles. The van der Waals surface area contributed by atoms with Crippen LogP contribution in [-0.2, 0) is 38.9 Å². The average molecular weight is 738 g/mol. The van der Waals surface area contributed by atoms with Gasteiger partial charge in [0.15, 0.2) is 0 Å². The number of carbonyl (C=O) groups excluding carboxylic acids is 2. The van der Waals surface area contributed by atoms with Crippen LogP contribution in [-0.4, -0.2) is 44.7 Å². The zero-order valence-corrected chi connectivity index (χ0v) is 32.3. The fourth-order valence-corrected chi connectivity index (χ4v) is 6.91. The van der Waals surface area contributed by atoms with Gasteiger partial charge in [-0.15, -0.1) is 0 Å². The van der Waals surface area contributed by atoms with Crippen LogP contribution >= 0.6 is 0 Å². The van der Waals surface area contributed by atoms with E-state index in [0.29, 0.717) is 6.42 Å². The quantitative estimate of drug-likeness (QED) is 0.0684. The zero-order chi connectivity index (χ0) is 38.5. The second-order valence-corrected chi connectivity index (χ2v) is 15.6. The molecule has 0 saturated carbocycles. The van der Waals surface area contributed by atoms with Crippen LogP contribution in [0.3, 0.4) is 0 Å². The van der Waals surface area contributed by atoms with Gasteiger partial charge in [0, 0.05) is 6.42 Å². The minimum Gasteiger partial charge on any atom is -0.462 e. The third kappa shape index (κ3) is 11.6. The van der Waals surface area contributed by atoms with Crippen molar-refractivity contribution < 1.29 is 31.7 Å². The molecule has 53 heavy (non-hydrogen) atoms. The second kappa shape index (κ2) is 18.8. The lowest BCUT2D eigenvalue weighted by molar-refractivity contribution is -0.156. The van der Waals surface area contributed by atoms with Crippen LogP contribution in [0.2, 0.25) is 0 Å². The van der Waals surface area contributed by atoms with E-state index in [1.165, 1.54) is 0 Å². The van der Waals surface area contributed by atoms with E-state index in [-0.39, 0.29) is 36.4 Å². The van der Waals surface area contributed by atoms with Crippen LogP contribution in [0.1, 0.15) is 77.5 Å². The molecule has 0 bridgehead atoms. The van der Waals surface area contributed by atoms with Gasteiger partial charge in [0.2, 0.25) is 0 Å². The van der Waals surface area contributed by atoms with Crippen LogP contribution in [0.4, 0.5) is 0 Å². The van der Waals surface area contributed by atoms with Gasteiger partial charge in [0.05, 0.1) is 23.1 Å². The Morgan fingerprint density at radius 3 is 1.66 bits per heavy atom. The van der Waals surface area contributed by atoms with E-state index in [1.807, 2.05) is 157 Å². The predicted octanol–water partition coefficient (Wildman–Crippen LogP) is 8.97. The van der Waals surface area contributed by atoms with Crippen LogP contribution in [0, 0.1) is 0 Å². The van der Waals surface area contributed by atoms with Crippen molar-refractivity contribution >= 4 is 32.8 Å². The Morgan fingerprint density at radius 1 is 0.698 bits per heavy atom. The van der Waals surface area contributed by atoms with Crippen LogP contribution in [0.25, 0.3) is 10.8 Å². The van der Waals surface area contributed by atoms with Gasteiger partial charge in [-0.05, 0) is 87.1 Å². The summed E-state index contributed by atoms with van der Waals surface area (Å²) >= 11 is 0. The molecule has 0 amide bonds. The lowest BCUT2D eigenvalue weighted by atomic mass is 9.76. The Hall–Kier alpha value is -4.83. The summed E-state index contributed by atoms with van der Waals surface area (Å²) in [5.74, 6) is -0.753. The Kier molecular flexibility index (Phi) is 14.5. The highest BCUT2D eigenvalue weighted by atomic mass is 32.2. The van der Waals surface area contributed by atoms with Crippen LogP contribution in [0.15, 0.2) is 138 Å². The van der Waals surface area contributed by atoms with E-state index >= 15 is 0 Å². The van der Waals surface area contributed by atoms with Gasteiger partial charge in [0.1, 0.15) is 11.6 Å². The standard InChI is InChI=1S/C31H37NO4.C13H14O3S/c1-23(2)35-29(34)27(21-22-28(33)36-30(3,4)5)32-31(24-15-9-6-10-16-24,25-17-11-7-12-18-25)26-19-13-8-14-20-26;1-2-9-16-17(14,15)13-8-7-11-5-3-4-6-12(11)10-13/h6-20,23,27,32H,21-22H2,1-5H3;3-8,10H,2,9H2,1H3. The molecule has 0 radical (unpaired) electrons. The van der Waals surface area contributed by atoms with Crippen LogP contribution < -0.4 is 5.32 Å². The number of fused-ring (bicyclic) bond motifs is 1. The van der Waals surface area contributed by atoms with Crippen LogP contribution in [0.5, 0.6) is 0 Å². The van der Waals surface area contributed by atoms with Gasteiger partial charge in [-0.1, -0.05) is 128 Å². The second-order valence-electron chi connectivity index (χ2n) is 13.9. The SMILES string of the molecule is CC(C)OC(=O)C(CCC(=O)OC(C)(C)C)NC(c1ccccc1)(c1ccccc1)c1ccccc1.CCCOS(=O)(=O)c1ccc2ccccc2c1. The molecular weight excluding hydrogens is 687 g/mol. The molecule has 0 aliphatic rings. The average Bonchev–Trinajstić information content (AvgIpc) is 3.14. The molecule has 8 nitrogen and oxygen atoms in total. The molecule has 0 fully saturated rings. The predicted molar refractivity (Wildman–Crippen MR) is 210 cm³/mol. The number of ether oxygens (including phenoxy) is 2. The first-order valence-corrected chi connectivity index (χ1v) is 19.4. The van der Waals surface area contributed by atoms with E-state index in [4.69, 9.17) is 13.7 Å². The molecule has 9 heteroatoms. The molecule has 0 heterocycles. The minimum absolute atomic E-state index is 0.0799. The van der Waals surface area contributed by atoms with Gasteiger partial charge in [-0.25, -0.2) is 0 Å². The highest BCUT2D eigenvalue weighted by molar-refractivity contribution is 7.86. The topological polar surface area (TPSA) is 108 Å². The highest BCUT2D eigenvalue weighted by Gasteiger charge is 2.40. The summed E-state index contributed by atoms with van der Waals surface area (Å²) in [5.41, 5.74) is 1.46. The Bertz CT molecular complexity index is 1910. The fourth-order valence-electron chi connectivity index (χ4n) is 5.88. The first kappa shape index (κ1) is 40.9. The number of carbonyl (C=O) groups is 2. The molecule has 1 N–H and O–H groups in total. The smallest absolute Gasteiger partial charge is 0.323 e. The van der Waals surface area contributed by atoms with E-state index in [0.717, 1.165) is 27.5 Å². The number of benzene rings is 5. The Morgan fingerprint density at radius 2 is 1.19 bits per heavy atom. The molecule has 5 aromatic carbocycles. The lowest BCUT2D eigenvalue weighted by Gasteiger charge is -2.39. The van der Waals surface area contributed by atoms with Crippen molar-refractivity contribution in [2.75, 3.05) is 6.61 Å². The van der Waals surface area contributed by atoms with E-state index < -0.39 is 33.3 Å². The van der Waals surface area contributed by atoms with Crippen molar-refractivity contribution in [3.05, 3.63) is 150 Å². The first-order valence-electron chi connectivity index (χ1n) is 18.0. The van der Waals surface area contributed by atoms with Crippen molar-refractivity contribution in [2.24, 2.45) is 0 Å².